The summed E-state index contributed by atoms with van der Waals surface area (Å²) in [5.41, 5.74) is 7.39. The Morgan fingerprint density at radius 2 is 1.96 bits per heavy atom. The van der Waals surface area contributed by atoms with E-state index in [-0.39, 0.29) is 5.97 Å². The van der Waals surface area contributed by atoms with E-state index in [1.54, 1.807) is 6.92 Å². The molecular formula is C19H28N2O2. The van der Waals surface area contributed by atoms with Crippen molar-refractivity contribution < 1.29 is 9.53 Å². The van der Waals surface area contributed by atoms with Gasteiger partial charge < -0.3 is 15.4 Å². The lowest BCUT2D eigenvalue weighted by molar-refractivity contribution is -0.137. The third kappa shape index (κ3) is 6.45. The highest BCUT2D eigenvalue weighted by Gasteiger charge is 2.19. The molecule has 0 spiro atoms. The van der Waals surface area contributed by atoms with Crippen molar-refractivity contribution in [2.45, 2.75) is 38.5 Å². The maximum Gasteiger partial charge on any atom is 0.332 e. The first-order chi connectivity index (χ1) is 11.1. The fourth-order valence-corrected chi connectivity index (χ4v) is 3.05. The second-order valence-electron chi connectivity index (χ2n) is 6.29. The van der Waals surface area contributed by atoms with Crippen molar-refractivity contribution in [3.05, 3.63) is 47.7 Å². The van der Waals surface area contributed by atoms with Crippen LogP contribution >= 0.6 is 0 Å². The van der Waals surface area contributed by atoms with Gasteiger partial charge in [-0.25, -0.2) is 4.79 Å². The summed E-state index contributed by atoms with van der Waals surface area (Å²) in [4.78, 5) is 13.8. The minimum atomic E-state index is -0.339. The highest BCUT2D eigenvalue weighted by Crippen LogP contribution is 2.27. The van der Waals surface area contributed by atoms with E-state index < -0.39 is 0 Å². The van der Waals surface area contributed by atoms with Gasteiger partial charge in [0.2, 0.25) is 0 Å². The predicted molar refractivity (Wildman–Crippen MR) is 93.0 cm³/mol. The number of hydrogen-bond donors (Lipinski definition) is 1. The Labute approximate surface area is 139 Å². The summed E-state index contributed by atoms with van der Waals surface area (Å²) in [6.07, 6.45) is 5.77. The number of rotatable bonds is 7. The molecule has 1 aromatic rings. The van der Waals surface area contributed by atoms with Crippen LogP contribution in [0.5, 0.6) is 0 Å². The van der Waals surface area contributed by atoms with Gasteiger partial charge in [-0.3, -0.25) is 0 Å². The number of hydrogen-bond acceptors (Lipinski definition) is 4. The largest absolute Gasteiger partial charge is 0.462 e. The number of benzene rings is 1. The maximum atomic E-state index is 11.3. The third-order valence-corrected chi connectivity index (χ3v) is 4.32. The van der Waals surface area contributed by atoms with Crippen LogP contribution in [0.2, 0.25) is 0 Å². The molecule has 4 nitrogen and oxygen atoms in total. The molecule has 1 fully saturated rings. The number of carbonyl (C=O) groups excluding carboxylic acids is 1. The van der Waals surface area contributed by atoms with E-state index in [4.69, 9.17) is 10.5 Å². The monoisotopic (exact) mass is 316 g/mol. The average Bonchev–Trinajstić information content (AvgIpc) is 2.55. The number of piperidine rings is 1. The zero-order chi connectivity index (χ0) is 16.5. The number of esters is 1. The fraction of sp³-hybridized carbons (Fsp3) is 0.526. The molecule has 0 bridgehead atoms. The number of ether oxygens (including phenoxy) is 1. The summed E-state index contributed by atoms with van der Waals surface area (Å²) in [6.45, 7) is 5.57. The van der Waals surface area contributed by atoms with Crippen LogP contribution in [-0.2, 0) is 9.53 Å². The minimum Gasteiger partial charge on any atom is -0.462 e. The maximum absolute atomic E-state index is 11.3. The van der Waals surface area contributed by atoms with Crippen molar-refractivity contribution in [1.29, 1.82) is 0 Å². The molecule has 4 heteroatoms. The summed E-state index contributed by atoms with van der Waals surface area (Å²) in [5.74, 6) is 0.369. The molecule has 0 radical (unpaired) electrons. The molecule has 23 heavy (non-hydrogen) atoms. The van der Waals surface area contributed by atoms with Crippen LogP contribution in [0.4, 0.5) is 0 Å². The quantitative estimate of drug-likeness (QED) is 0.477. The Kier molecular flexibility index (Phi) is 7.14. The van der Waals surface area contributed by atoms with Gasteiger partial charge in [0.15, 0.2) is 0 Å². The van der Waals surface area contributed by atoms with E-state index in [0.29, 0.717) is 18.2 Å². The van der Waals surface area contributed by atoms with Crippen molar-refractivity contribution >= 4 is 5.97 Å². The lowest BCUT2D eigenvalue weighted by Gasteiger charge is -2.32. The first-order valence-corrected chi connectivity index (χ1v) is 8.53. The van der Waals surface area contributed by atoms with Crippen molar-refractivity contribution in [3.63, 3.8) is 0 Å². The van der Waals surface area contributed by atoms with Crippen LogP contribution in [0.3, 0.4) is 0 Å². The zero-order valence-corrected chi connectivity index (χ0v) is 14.0. The van der Waals surface area contributed by atoms with Gasteiger partial charge in [0.05, 0.1) is 6.61 Å². The Bertz CT molecular complexity index is 501. The van der Waals surface area contributed by atoms with Crippen molar-refractivity contribution in [2.24, 2.45) is 5.73 Å². The highest BCUT2D eigenvalue weighted by atomic mass is 16.5. The van der Waals surface area contributed by atoms with Gasteiger partial charge in [-0.05, 0) is 63.7 Å². The number of allylic oxidation sites excluding steroid dienone is 1. The normalized spacial score (nSPS) is 17.2. The molecule has 0 saturated carbocycles. The van der Waals surface area contributed by atoms with Crippen molar-refractivity contribution in [1.82, 2.24) is 4.90 Å². The summed E-state index contributed by atoms with van der Waals surface area (Å²) in [6, 6.07) is 10.8. The van der Waals surface area contributed by atoms with Crippen LogP contribution in [0.15, 0.2) is 42.1 Å². The molecule has 2 rings (SSSR count). The molecule has 1 saturated heterocycles. The fourth-order valence-electron chi connectivity index (χ4n) is 3.05. The number of nitrogens with two attached hydrogens (primary N) is 1. The van der Waals surface area contributed by atoms with Gasteiger partial charge in [0.25, 0.3) is 0 Å². The summed E-state index contributed by atoms with van der Waals surface area (Å²) >= 11 is 0. The third-order valence-electron chi connectivity index (χ3n) is 4.32. The van der Waals surface area contributed by atoms with Crippen molar-refractivity contribution in [3.8, 4) is 0 Å². The van der Waals surface area contributed by atoms with E-state index in [1.165, 1.54) is 24.5 Å². The lowest BCUT2D eigenvalue weighted by atomic mass is 9.89. The molecule has 1 aliphatic heterocycles. The van der Waals surface area contributed by atoms with Crippen LogP contribution < -0.4 is 5.73 Å². The molecule has 126 valence electrons. The smallest absolute Gasteiger partial charge is 0.332 e. The summed E-state index contributed by atoms with van der Waals surface area (Å²) in [7, 11) is 0. The number of unbranched alkanes of at least 4 members (excludes halogenated alkanes) is 1. The topological polar surface area (TPSA) is 55.6 Å². The molecule has 1 heterocycles. The molecule has 1 aromatic carbocycles. The van der Waals surface area contributed by atoms with E-state index in [0.717, 1.165) is 32.5 Å². The SMILES string of the molecule is CC(N)=CC(=O)OCCCCN1CCC(c2ccccc2)CC1. The average molecular weight is 316 g/mol. The van der Waals surface area contributed by atoms with Gasteiger partial charge in [0.1, 0.15) is 0 Å². The highest BCUT2D eigenvalue weighted by molar-refractivity contribution is 5.82. The van der Waals surface area contributed by atoms with Crippen LogP contribution in [-0.4, -0.2) is 37.1 Å². The van der Waals surface area contributed by atoms with Gasteiger partial charge in [-0.15, -0.1) is 0 Å². The predicted octanol–water partition coefficient (Wildman–Crippen LogP) is 3.05. The summed E-state index contributed by atoms with van der Waals surface area (Å²) in [5, 5.41) is 0. The van der Waals surface area contributed by atoms with E-state index in [9.17, 15) is 4.79 Å². The Hall–Kier alpha value is -1.81. The number of likely N-dealkylation sites (tertiary alicyclic amines) is 1. The van der Waals surface area contributed by atoms with Gasteiger partial charge in [0, 0.05) is 11.8 Å². The minimum absolute atomic E-state index is 0.339. The Morgan fingerprint density at radius 1 is 1.26 bits per heavy atom. The zero-order valence-electron chi connectivity index (χ0n) is 14.0. The van der Waals surface area contributed by atoms with Gasteiger partial charge in [-0.2, -0.15) is 0 Å². The molecule has 0 unspecified atom stereocenters. The first kappa shape index (κ1) is 17.5. The molecule has 2 N–H and O–H groups in total. The Morgan fingerprint density at radius 3 is 2.61 bits per heavy atom. The van der Waals surface area contributed by atoms with E-state index in [2.05, 4.69) is 35.2 Å². The number of carbonyl (C=O) groups is 1. The van der Waals surface area contributed by atoms with E-state index >= 15 is 0 Å². The molecular weight excluding hydrogens is 288 g/mol. The Balaban J connectivity index is 1.57. The first-order valence-electron chi connectivity index (χ1n) is 8.53. The van der Waals surface area contributed by atoms with E-state index in [1.807, 2.05) is 0 Å². The second-order valence-corrected chi connectivity index (χ2v) is 6.29. The molecule has 0 atom stereocenters. The number of nitrogens with zero attached hydrogens (tertiary/aromatic N) is 1. The van der Waals surface area contributed by atoms with Crippen LogP contribution in [0.1, 0.15) is 44.1 Å². The lowest BCUT2D eigenvalue weighted by Crippen LogP contribution is -2.33. The molecule has 1 aliphatic rings. The summed E-state index contributed by atoms with van der Waals surface area (Å²) < 4.78 is 5.10. The van der Waals surface area contributed by atoms with Gasteiger partial charge in [-0.1, -0.05) is 30.3 Å². The van der Waals surface area contributed by atoms with Crippen molar-refractivity contribution in [2.75, 3.05) is 26.2 Å². The molecule has 0 amide bonds. The molecule has 0 aliphatic carbocycles. The van der Waals surface area contributed by atoms with Gasteiger partial charge >= 0.3 is 5.97 Å². The van der Waals surface area contributed by atoms with Crippen LogP contribution in [0.25, 0.3) is 0 Å². The molecule has 0 aromatic heterocycles. The van der Waals surface area contributed by atoms with Crippen LogP contribution in [0, 0.1) is 0 Å². The second kappa shape index (κ2) is 9.36. The standard InChI is InChI=1S/C19H28N2O2/c1-16(20)15-19(22)23-14-6-5-11-21-12-9-18(10-13-21)17-7-3-2-4-8-17/h2-4,7-8,15,18H,5-6,9-14,20H2,1H3.